The number of carbonyl (C=O) groups is 1. The van der Waals surface area contributed by atoms with Gasteiger partial charge in [-0.3, -0.25) is 0 Å². The Labute approximate surface area is 141 Å². The summed E-state index contributed by atoms with van der Waals surface area (Å²) < 4.78 is 15.8. The molecule has 0 aliphatic heterocycles. The van der Waals surface area contributed by atoms with Crippen LogP contribution in [0.2, 0.25) is 0 Å². The van der Waals surface area contributed by atoms with Gasteiger partial charge in [0.25, 0.3) is 0 Å². The maximum atomic E-state index is 12.0. The lowest BCUT2D eigenvalue weighted by Crippen LogP contribution is -2.32. The molecular weight excluding hydrogens is 308 g/mol. The van der Waals surface area contributed by atoms with Gasteiger partial charge < -0.3 is 24.8 Å². The summed E-state index contributed by atoms with van der Waals surface area (Å²) in [5, 5.41) is 5.56. The number of methoxy groups -OCH3 is 3. The maximum Gasteiger partial charge on any atom is 0.319 e. The van der Waals surface area contributed by atoms with E-state index in [-0.39, 0.29) is 12.1 Å². The highest BCUT2D eigenvalue weighted by atomic mass is 16.5. The molecule has 0 spiro atoms. The molecule has 0 radical (unpaired) electrons. The van der Waals surface area contributed by atoms with Crippen molar-refractivity contribution < 1.29 is 19.0 Å². The van der Waals surface area contributed by atoms with Crippen LogP contribution >= 0.6 is 0 Å². The molecule has 0 aromatic heterocycles. The van der Waals surface area contributed by atoms with Gasteiger partial charge in [0.2, 0.25) is 0 Å². The Morgan fingerprint density at radius 3 is 2.33 bits per heavy atom. The van der Waals surface area contributed by atoms with Crippen molar-refractivity contribution in [2.45, 2.75) is 6.10 Å². The van der Waals surface area contributed by atoms with E-state index in [0.717, 1.165) is 11.3 Å². The number of hydrogen-bond acceptors (Lipinski definition) is 4. The highest BCUT2D eigenvalue weighted by Crippen LogP contribution is 2.21. The number of ether oxygens (including phenoxy) is 3. The molecule has 6 heteroatoms. The average molecular weight is 330 g/mol. The van der Waals surface area contributed by atoms with Gasteiger partial charge in [-0.1, -0.05) is 18.2 Å². The number of urea groups is 1. The second-order valence-corrected chi connectivity index (χ2v) is 5.07. The number of amides is 2. The topological polar surface area (TPSA) is 68.8 Å². The minimum absolute atomic E-state index is 0.267. The zero-order chi connectivity index (χ0) is 17.4. The molecule has 0 fully saturated rings. The number of anilines is 1. The van der Waals surface area contributed by atoms with Gasteiger partial charge in [-0.05, 0) is 29.8 Å². The molecule has 0 aliphatic rings. The van der Waals surface area contributed by atoms with Crippen molar-refractivity contribution in [2.24, 2.45) is 0 Å². The van der Waals surface area contributed by atoms with E-state index in [1.54, 1.807) is 33.5 Å². The second-order valence-electron chi connectivity index (χ2n) is 5.07. The van der Waals surface area contributed by atoms with Gasteiger partial charge in [0.15, 0.2) is 0 Å². The van der Waals surface area contributed by atoms with E-state index >= 15 is 0 Å². The highest BCUT2D eigenvalue weighted by Gasteiger charge is 2.13. The van der Waals surface area contributed by atoms with Crippen molar-refractivity contribution in [1.82, 2.24) is 5.32 Å². The smallest absolute Gasteiger partial charge is 0.319 e. The van der Waals surface area contributed by atoms with E-state index in [9.17, 15) is 4.79 Å². The van der Waals surface area contributed by atoms with Crippen LogP contribution in [0.15, 0.2) is 48.5 Å². The summed E-state index contributed by atoms with van der Waals surface area (Å²) >= 11 is 0. The summed E-state index contributed by atoms with van der Waals surface area (Å²) in [6.45, 7) is 0.333. The number of carbonyl (C=O) groups excluding carboxylic acids is 1. The molecule has 2 amide bonds. The summed E-state index contributed by atoms with van der Waals surface area (Å²) in [6.07, 6.45) is -0.267. The summed E-state index contributed by atoms with van der Waals surface area (Å²) in [5.74, 6) is 1.43. The van der Waals surface area contributed by atoms with Gasteiger partial charge in [0.1, 0.15) is 11.5 Å². The van der Waals surface area contributed by atoms with E-state index in [1.807, 2.05) is 36.4 Å². The zero-order valence-electron chi connectivity index (χ0n) is 14.0. The standard InChI is InChI=1S/C18H22N2O4/c1-22-15-8-4-6-13(10-15)17(24-3)12-19-18(21)20-14-7-5-9-16(11-14)23-2/h4-11,17H,12H2,1-3H3,(H2,19,20,21). The Kier molecular flexibility index (Phi) is 6.45. The van der Waals surface area contributed by atoms with Crippen LogP contribution in [0.4, 0.5) is 10.5 Å². The molecule has 0 saturated heterocycles. The molecule has 1 atom stereocenters. The SMILES string of the molecule is COc1cccc(NC(=O)NCC(OC)c2cccc(OC)c2)c1. The molecule has 24 heavy (non-hydrogen) atoms. The average Bonchev–Trinajstić information content (AvgIpc) is 2.62. The molecule has 0 aliphatic carbocycles. The van der Waals surface area contributed by atoms with Gasteiger partial charge >= 0.3 is 6.03 Å². The second kappa shape index (κ2) is 8.79. The third-order valence-corrected chi connectivity index (χ3v) is 3.53. The number of rotatable bonds is 7. The largest absolute Gasteiger partial charge is 0.497 e. The van der Waals surface area contributed by atoms with E-state index < -0.39 is 0 Å². The van der Waals surface area contributed by atoms with E-state index in [4.69, 9.17) is 14.2 Å². The third kappa shape index (κ3) is 4.89. The minimum Gasteiger partial charge on any atom is -0.497 e. The minimum atomic E-state index is -0.312. The fraction of sp³-hybridized carbons (Fsp3) is 0.278. The van der Waals surface area contributed by atoms with Crippen molar-refractivity contribution in [3.05, 3.63) is 54.1 Å². The lowest BCUT2D eigenvalue weighted by Gasteiger charge is -2.17. The Hall–Kier alpha value is -2.73. The summed E-state index contributed by atoms with van der Waals surface area (Å²) in [6, 6.07) is 14.4. The molecule has 6 nitrogen and oxygen atoms in total. The summed E-state index contributed by atoms with van der Waals surface area (Å²) in [4.78, 5) is 12.0. The van der Waals surface area contributed by atoms with Crippen molar-refractivity contribution in [3.8, 4) is 11.5 Å². The number of hydrogen-bond donors (Lipinski definition) is 2. The van der Waals surface area contributed by atoms with Crippen LogP contribution in [0.25, 0.3) is 0 Å². The Balaban J connectivity index is 1.93. The third-order valence-electron chi connectivity index (χ3n) is 3.53. The monoisotopic (exact) mass is 330 g/mol. The zero-order valence-corrected chi connectivity index (χ0v) is 14.0. The van der Waals surface area contributed by atoms with Gasteiger partial charge in [0, 0.05) is 25.4 Å². The van der Waals surface area contributed by atoms with Crippen molar-refractivity contribution in [1.29, 1.82) is 0 Å². The Morgan fingerprint density at radius 2 is 1.67 bits per heavy atom. The highest BCUT2D eigenvalue weighted by molar-refractivity contribution is 5.89. The normalized spacial score (nSPS) is 11.5. The fourth-order valence-corrected chi connectivity index (χ4v) is 2.24. The predicted molar refractivity (Wildman–Crippen MR) is 92.8 cm³/mol. The molecule has 2 N–H and O–H groups in total. The molecule has 0 saturated carbocycles. The maximum absolute atomic E-state index is 12.0. The van der Waals surface area contributed by atoms with E-state index in [0.29, 0.717) is 18.0 Å². The number of nitrogens with one attached hydrogen (secondary N) is 2. The van der Waals surface area contributed by atoms with Crippen LogP contribution in [0, 0.1) is 0 Å². The van der Waals surface area contributed by atoms with Crippen LogP contribution in [-0.4, -0.2) is 33.9 Å². The predicted octanol–water partition coefficient (Wildman–Crippen LogP) is 3.21. The Morgan fingerprint density at radius 1 is 1.00 bits per heavy atom. The van der Waals surface area contributed by atoms with E-state index in [1.165, 1.54) is 0 Å². The lowest BCUT2D eigenvalue weighted by molar-refractivity contribution is 0.104. The van der Waals surface area contributed by atoms with Crippen LogP contribution in [0.1, 0.15) is 11.7 Å². The van der Waals surface area contributed by atoms with Crippen LogP contribution in [0.5, 0.6) is 11.5 Å². The molecule has 2 aromatic carbocycles. The first-order valence-electron chi connectivity index (χ1n) is 7.52. The molecule has 2 aromatic rings. The molecular formula is C18H22N2O4. The molecule has 128 valence electrons. The van der Waals surface area contributed by atoms with E-state index in [2.05, 4.69) is 10.6 Å². The molecule has 1 unspecified atom stereocenters. The van der Waals surface area contributed by atoms with Crippen molar-refractivity contribution in [2.75, 3.05) is 33.2 Å². The van der Waals surface area contributed by atoms with Gasteiger partial charge in [0.05, 0.1) is 20.3 Å². The number of benzene rings is 2. The molecule has 0 bridgehead atoms. The first kappa shape index (κ1) is 17.6. The van der Waals surface area contributed by atoms with Gasteiger partial charge in [-0.2, -0.15) is 0 Å². The first-order valence-corrected chi connectivity index (χ1v) is 7.52. The Bertz CT molecular complexity index is 676. The van der Waals surface area contributed by atoms with Crippen molar-refractivity contribution >= 4 is 11.7 Å². The molecule has 2 rings (SSSR count). The van der Waals surface area contributed by atoms with Crippen molar-refractivity contribution in [3.63, 3.8) is 0 Å². The lowest BCUT2D eigenvalue weighted by atomic mass is 10.1. The first-order chi connectivity index (χ1) is 11.7. The van der Waals surface area contributed by atoms with Gasteiger partial charge in [-0.15, -0.1) is 0 Å². The van der Waals surface area contributed by atoms with Crippen LogP contribution in [0.3, 0.4) is 0 Å². The summed E-state index contributed by atoms with van der Waals surface area (Å²) in [5.41, 5.74) is 1.58. The summed E-state index contributed by atoms with van der Waals surface area (Å²) in [7, 11) is 4.79. The molecule has 0 heterocycles. The van der Waals surface area contributed by atoms with Crippen LogP contribution in [-0.2, 0) is 4.74 Å². The fourth-order valence-electron chi connectivity index (χ4n) is 2.24. The quantitative estimate of drug-likeness (QED) is 0.818. The van der Waals surface area contributed by atoms with Crippen LogP contribution < -0.4 is 20.1 Å². The van der Waals surface area contributed by atoms with Gasteiger partial charge in [-0.25, -0.2) is 4.79 Å².